The molecule has 2 nitrogen and oxygen atoms in total. The Morgan fingerprint density at radius 2 is 2.29 bits per heavy atom. The summed E-state index contributed by atoms with van der Waals surface area (Å²) in [5.74, 6) is 0. The summed E-state index contributed by atoms with van der Waals surface area (Å²) in [7, 11) is 4.19. The second-order valence-corrected chi connectivity index (χ2v) is 4.93. The van der Waals surface area contributed by atoms with Crippen LogP contribution in [-0.2, 0) is 6.54 Å². The van der Waals surface area contributed by atoms with Crippen LogP contribution in [0.3, 0.4) is 0 Å². The van der Waals surface area contributed by atoms with E-state index >= 15 is 0 Å². The van der Waals surface area contributed by atoms with Crippen LogP contribution in [0.4, 0.5) is 0 Å². The number of hydrogen-bond donors (Lipinski definition) is 1. The Kier molecular flexibility index (Phi) is 5.48. The maximum atomic E-state index is 5.97. The monoisotopic (exact) mass is 232 g/mol. The van der Waals surface area contributed by atoms with E-state index in [9.17, 15) is 0 Å². The number of hydrogen-bond acceptors (Lipinski definition) is 3. The van der Waals surface area contributed by atoms with Crippen molar-refractivity contribution in [1.82, 2.24) is 10.2 Å². The topological polar surface area (TPSA) is 15.3 Å². The number of halogens is 1. The summed E-state index contributed by atoms with van der Waals surface area (Å²) in [4.78, 5) is 3.43. The minimum atomic E-state index is 0.884. The highest BCUT2D eigenvalue weighted by Gasteiger charge is 1.99. The molecule has 14 heavy (non-hydrogen) atoms. The smallest absolute Gasteiger partial charge is 0.0558 e. The molecule has 0 saturated heterocycles. The van der Waals surface area contributed by atoms with Gasteiger partial charge in [-0.15, -0.1) is 11.3 Å². The lowest BCUT2D eigenvalue weighted by molar-refractivity contribution is 0.394. The van der Waals surface area contributed by atoms with Crippen LogP contribution in [0.15, 0.2) is 11.4 Å². The van der Waals surface area contributed by atoms with E-state index in [1.807, 2.05) is 11.4 Å². The van der Waals surface area contributed by atoms with Crippen molar-refractivity contribution in [2.75, 3.05) is 27.2 Å². The van der Waals surface area contributed by atoms with E-state index in [0.717, 1.165) is 24.7 Å². The second-order valence-electron chi connectivity index (χ2n) is 3.53. The second kappa shape index (κ2) is 6.40. The predicted molar refractivity (Wildman–Crippen MR) is 64.2 cm³/mol. The van der Waals surface area contributed by atoms with Crippen LogP contribution in [0.5, 0.6) is 0 Å². The van der Waals surface area contributed by atoms with Crippen molar-refractivity contribution < 1.29 is 0 Å². The van der Waals surface area contributed by atoms with E-state index in [0.29, 0.717) is 0 Å². The molecule has 80 valence electrons. The van der Waals surface area contributed by atoms with Crippen LogP contribution in [-0.4, -0.2) is 32.1 Å². The molecular weight excluding hydrogens is 216 g/mol. The van der Waals surface area contributed by atoms with Gasteiger partial charge < -0.3 is 10.2 Å². The van der Waals surface area contributed by atoms with Crippen LogP contribution in [0.1, 0.15) is 11.3 Å². The lowest BCUT2D eigenvalue weighted by Gasteiger charge is -2.09. The third-order valence-corrected chi connectivity index (χ3v) is 3.32. The van der Waals surface area contributed by atoms with Gasteiger partial charge in [0.1, 0.15) is 0 Å². The summed E-state index contributed by atoms with van der Waals surface area (Å²) in [6.45, 7) is 3.07. The molecular formula is C10H17ClN2S. The van der Waals surface area contributed by atoms with Crippen molar-refractivity contribution in [3.8, 4) is 0 Å². The molecule has 0 spiro atoms. The fraction of sp³-hybridized carbons (Fsp3) is 0.600. The molecule has 1 aromatic rings. The zero-order chi connectivity index (χ0) is 10.4. The molecule has 0 atom stereocenters. The molecule has 1 heterocycles. The largest absolute Gasteiger partial charge is 0.312 e. The summed E-state index contributed by atoms with van der Waals surface area (Å²) in [6, 6.07) is 1.95. The molecule has 0 amide bonds. The first-order valence-corrected chi connectivity index (χ1v) is 6.03. The standard InChI is InChI=1S/C10H17ClN2S/c1-13(2)6-3-5-12-8-10-9(11)4-7-14-10/h4,7,12H,3,5-6,8H2,1-2H3. The average Bonchev–Trinajstić information content (AvgIpc) is 2.51. The maximum Gasteiger partial charge on any atom is 0.0558 e. The van der Waals surface area contributed by atoms with E-state index in [1.165, 1.54) is 11.3 Å². The first-order valence-electron chi connectivity index (χ1n) is 4.77. The molecule has 0 fully saturated rings. The van der Waals surface area contributed by atoms with Crippen LogP contribution in [0.25, 0.3) is 0 Å². The Morgan fingerprint density at radius 3 is 2.86 bits per heavy atom. The van der Waals surface area contributed by atoms with Crippen molar-refractivity contribution in [3.63, 3.8) is 0 Å². The number of thiophene rings is 1. The summed E-state index contributed by atoms with van der Waals surface area (Å²) in [5, 5.41) is 6.29. The van der Waals surface area contributed by atoms with Crippen molar-refractivity contribution in [2.45, 2.75) is 13.0 Å². The highest BCUT2D eigenvalue weighted by molar-refractivity contribution is 7.10. The van der Waals surface area contributed by atoms with Crippen molar-refractivity contribution in [3.05, 3.63) is 21.3 Å². The van der Waals surface area contributed by atoms with Gasteiger partial charge in [0.2, 0.25) is 0 Å². The highest BCUT2D eigenvalue weighted by atomic mass is 35.5. The highest BCUT2D eigenvalue weighted by Crippen LogP contribution is 2.21. The zero-order valence-corrected chi connectivity index (χ0v) is 10.3. The molecule has 1 N–H and O–H groups in total. The normalized spacial score (nSPS) is 11.1. The van der Waals surface area contributed by atoms with Gasteiger partial charge in [-0.3, -0.25) is 0 Å². The Balaban J connectivity index is 2.08. The van der Waals surface area contributed by atoms with Crippen molar-refractivity contribution in [1.29, 1.82) is 0 Å². The van der Waals surface area contributed by atoms with Gasteiger partial charge in [-0.2, -0.15) is 0 Å². The molecule has 0 aliphatic carbocycles. The minimum absolute atomic E-state index is 0.884. The molecule has 0 radical (unpaired) electrons. The molecule has 0 unspecified atom stereocenters. The maximum absolute atomic E-state index is 5.97. The van der Waals surface area contributed by atoms with Crippen molar-refractivity contribution in [2.24, 2.45) is 0 Å². The first kappa shape index (κ1) is 12.0. The van der Waals surface area contributed by atoms with Gasteiger partial charge in [0.25, 0.3) is 0 Å². The van der Waals surface area contributed by atoms with Crippen LogP contribution >= 0.6 is 22.9 Å². The summed E-state index contributed by atoms with van der Waals surface area (Å²) >= 11 is 7.67. The van der Waals surface area contributed by atoms with Crippen molar-refractivity contribution >= 4 is 22.9 Å². The zero-order valence-electron chi connectivity index (χ0n) is 8.72. The molecule has 1 rings (SSSR count). The van der Waals surface area contributed by atoms with E-state index in [2.05, 4.69) is 24.3 Å². The average molecular weight is 233 g/mol. The van der Waals surface area contributed by atoms with Gasteiger partial charge in [-0.05, 0) is 45.1 Å². The quantitative estimate of drug-likeness (QED) is 0.758. The van der Waals surface area contributed by atoms with Gasteiger partial charge in [0.15, 0.2) is 0 Å². The van der Waals surface area contributed by atoms with E-state index in [1.54, 1.807) is 11.3 Å². The Morgan fingerprint density at radius 1 is 1.50 bits per heavy atom. The summed E-state index contributed by atoms with van der Waals surface area (Å²) < 4.78 is 0. The van der Waals surface area contributed by atoms with E-state index in [4.69, 9.17) is 11.6 Å². The number of rotatable bonds is 6. The van der Waals surface area contributed by atoms with Crippen LogP contribution in [0.2, 0.25) is 5.02 Å². The van der Waals surface area contributed by atoms with Gasteiger partial charge in [-0.25, -0.2) is 0 Å². The summed E-state index contributed by atoms with van der Waals surface area (Å²) in [6.07, 6.45) is 1.18. The molecule has 0 aromatic carbocycles. The van der Waals surface area contributed by atoms with Gasteiger partial charge in [0.05, 0.1) is 5.02 Å². The minimum Gasteiger partial charge on any atom is -0.312 e. The molecule has 4 heteroatoms. The van der Waals surface area contributed by atoms with Crippen LogP contribution < -0.4 is 5.32 Å². The molecule has 0 saturated carbocycles. The van der Waals surface area contributed by atoms with Gasteiger partial charge in [0, 0.05) is 11.4 Å². The number of nitrogens with one attached hydrogen (secondary N) is 1. The van der Waals surface area contributed by atoms with Gasteiger partial charge >= 0.3 is 0 Å². The molecule has 0 aliphatic heterocycles. The van der Waals surface area contributed by atoms with Crippen LogP contribution in [0, 0.1) is 0 Å². The molecule has 0 bridgehead atoms. The lowest BCUT2D eigenvalue weighted by atomic mass is 10.4. The summed E-state index contributed by atoms with van der Waals surface area (Å²) in [5.41, 5.74) is 0. The first-order chi connectivity index (χ1) is 6.70. The van der Waals surface area contributed by atoms with E-state index < -0.39 is 0 Å². The molecule has 1 aromatic heterocycles. The Bertz CT molecular complexity index is 260. The third kappa shape index (κ3) is 4.42. The Hall–Kier alpha value is -0.0900. The fourth-order valence-corrected chi connectivity index (χ4v) is 2.25. The Labute approximate surface area is 94.9 Å². The third-order valence-electron chi connectivity index (χ3n) is 1.94. The molecule has 0 aliphatic rings. The lowest BCUT2D eigenvalue weighted by Crippen LogP contribution is -2.20. The van der Waals surface area contributed by atoms with Gasteiger partial charge in [-0.1, -0.05) is 11.6 Å². The van der Waals surface area contributed by atoms with E-state index in [-0.39, 0.29) is 0 Å². The fourth-order valence-electron chi connectivity index (χ4n) is 1.17. The SMILES string of the molecule is CN(C)CCCNCc1sccc1Cl. The predicted octanol–water partition coefficient (Wildman–Crippen LogP) is 2.44. The number of nitrogens with zero attached hydrogens (tertiary/aromatic N) is 1.